The first-order valence-electron chi connectivity index (χ1n) is 14.7. The van der Waals surface area contributed by atoms with E-state index in [9.17, 15) is 17.6 Å². The average molecular weight is 627 g/mol. The molecule has 1 aromatic carbocycles. The molecule has 3 atom stereocenters. The summed E-state index contributed by atoms with van der Waals surface area (Å²) < 4.78 is 72.8. The van der Waals surface area contributed by atoms with Crippen LogP contribution in [0.4, 0.5) is 23.8 Å². The molecule has 232 valence electrons. The Hall–Kier alpha value is -4.13. The van der Waals surface area contributed by atoms with Crippen molar-refractivity contribution in [2.75, 3.05) is 18.4 Å². The quantitative estimate of drug-likeness (QED) is 0.279. The second-order valence-electron chi connectivity index (χ2n) is 11.8. The van der Waals surface area contributed by atoms with Crippen LogP contribution in [-0.2, 0) is 10.0 Å². The Bertz CT molecular complexity index is 1830. The molecule has 2 aliphatic rings. The predicted molar refractivity (Wildman–Crippen MR) is 160 cm³/mol. The fourth-order valence-corrected chi connectivity index (χ4v) is 7.36. The molecular formula is C31H33F3N6O3S. The van der Waals surface area contributed by atoms with Gasteiger partial charge in [0.25, 0.3) is 10.0 Å². The molecule has 4 aromatic rings. The monoisotopic (exact) mass is 626 g/mol. The van der Waals surface area contributed by atoms with Gasteiger partial charge in [-0.05, 0) is 63.1 Å². The van der Waals surface area contributed by atoms with Crippen LogP contribution in [0.15, 0.2) is 53.7 Å². The van der Waals surface area contributed by atoms with Crippen LogP contribution in [-0.4, -0.2) is 58.5 Å². The number of rotatable bonds is 6. The SMILES string of the molecule is Cc1ccc(S(=O)(=O)n2cc(-c3nc(N[C@H]4CCC[C@@H](NC(=O)N5CC[C@@H](C)C5)C4)c(F)cc3F)c3cc(F)cnc32)cc1. The summed E-state index contributed by atoms with van der Waals surface area (Å²) in [7, 11) is -4.21. The maximum Gasteiger partial charge on any atom is 0.317 e. The van der Waals surface area contributed by atoms with Crippen LogP contribution in [0.2, 0.25) is 0 Å². The maximum absolute atomic E-state index is 15.3. The van der Waals surface area contributed by atoms with Crippen LogP contribution in [0, 0.1) is 30.3 Å². The van der Waals surface area contributed by atoms with Crippen molar-refractivity contribution in [1.82, 2.24) is 24.2 Å². The molecule has 2 amide bonds. The van der Waals surface area contributed by atoms with E-state index in [1.807, 2.05) is 11.8 Å². The number of hydrogen-bond acceptors (Lipinski definition) is 6. The van der Waals surface area contributed by atoms with E-state index in [4.69, 9.17) is 0 Å². The molecule has 1 saturated carbocycles. The number of nitrogens with zero attached hydrogens (tertiary/aromatic N) is 4. The topological polar surface area (TPSA) is 109 Å². The number of carbonyl (C=O) groups excluding carboxylic acids is 1. The lowest BCUT2D eigenvalue weighted by molar-refractivity contribution is 0.198. The van der Waals surface area contributed by atoms with Gasteiger partial charge in [-0.2, -0.15) is 0 Å². The number of aromatic nitrogens is 3. The first kappa shape index (κ1) is 29.9. The van der Waals surface area contributed by atoms with Crippen LogP contribution in [0.1, 0.15) is 44.6 Å². The van der Waals surface area contributed by atoms with Crippen LogP contribution in [0.3, 0.4) is 0 Å². The molecule has 6 rings (SSSR count). The highest BCUT2D eigenvalue weighted by Crippen LogP contribution is 2.35. The number of aryl methyl sites for hydroxylation is 1. The highest BCUT2D eigenvalue weighted by atomic mass is 32.2. The third-order valence-corrected chi connectivity index (χ3v) is 10.1. The molecule has 2 N–H and O–H groups in total. The van der Waals surface area contributed by atoms with Crippen molar-refractivity contribution in [3.05, 3.63) is 71.8 Å². The van der Waals surface area contributed by atoms with E-state index < -0.39 is 27.5 Å². The first-order chi connectivity index (χ1) is 21.0. The van der Waals surface area contributed by atoms with Crippen molar-refractivity contribution in [2.24, 2.45) is 5.92 Å². The normalized spacial score (nSPS) is 20.7. The van der Waals surface area contributed by atoms with E-state index in [-0.39, 0.29) is 51.1 Å². The summed E-state index contributed by atoms with van der Waals surface area (Å²) in [5, 5.41) is 6.15. The van der Waals surface area contributed by atoms with Gasteiger partial charge in [0.1, 0.15) is 11.5 Å². The Morgan fingerprint density at radius 3 is 2.50 bits per heavy atom. The zero-order valence-corrected chi connectivity index (χ0v) is 25.2. The number of nitrogens with one attached hydrogen (secondary N) is 2. The summed E-state index contributed by atoms with van der Waals surface area (Å²) in [4.78, 5) is 22.7. The standard InChI is InChI=1S/C31H33F3N6O3S/c1-18-6-8-23(9-7-18)44(42,43)40-17-25(24-12-20(32)15-35-30(24)40)28-26(33)14-27(34)29(38-28)36-21-4-3-5-22(13-21)37-31(41)39-11-10-19(2)16-39/h6-9,12,14-15,17,19,21-22H,3-5,10-11,13,16H2,1-2H3,(H,36,38)(H,37,41)/t19-,21+,22-/m1/s1. The summed E-state index contributed by atoms with van der Waals surface area (Å²) in [6.07, 6.45) is 5.74. The Morgan fingerprint density at radius 2 is 1.77 bits per heavy atom. The average Bonchev–Trinajstić information content (AvgIpc) is 3.59. The van der Waals surface area contributed by atoms with Crippen LogP contribution in [0.25, 0.3) is 22.3 Å². The number of benzene rings is 1. The van der Waals surface area contributed by atoms with Gasteiger partial charge >= 0.3 is 6.03 Å². The summed E-state index contributed by atoms with van der Waals surface area (Å²) in [5.74, 6) is -2.49. The lowest BCUT2D eigenvalue weighted by Crippen LogP contribution is -2.47. The number of fused-ring (bicyclic) bond motifs is 1. The fourth-order valence-electron chi connectivity index (χ4n) is 6.04. The molecule has 1 aliphatic heterocycles. The predicted octanol–water partition coefficient (Wildman–Crippen LogP) is 5.84. The lowest BCUT2D eigenvalue weighted by Gasteiger charge is -2.32. The van der Waals surface area contributed by atoms with Gasteiger partial charge in [0.2, 0.25) is 0 Å². The smallest absolute Gasteiger partial charge is 0.317 e. The Balaban J connectivity index is 1.30. The van der Waals surface area contributed by atoms with Crippen LogP contribution in [0.5, 0.6) is 0 Å². The Morgan fingerprint density at radius 1 is 1.02 bits per heavy atom. The van der Waals surface area contributed by atoms with Crippen molar-refractivity contribution in [3.8, 4) is 11.3 Å². The molecule has 13 heteroatoms. The number of halogens is 3. The minimum Gasteiger partial charge on any atom is -0.365 e. The maximum atomic E-state index is 15.3. The second-order valence-corrected chi connectivity index (χ2v) is 13.6. The van der Waals surface area contributed by atoms with E-state index in [0.717, 1.165) is 60.3 Å². The van der Waals surface area contributed by atoms with Gasteiger partial charge in [0.05, 0.1) is 11.1 Å². The van der Waals surface area contributed by atoms with E-state index in [2.05, 4.69) is 27.5 Å². The van der Waals surface area contributed by atoms with Crippen molar-refractivity contribution < 1.29 is 26.4 Å². The van der Waals surface area contributed by atoms with E-state index in [1.54, 1.807) is 12.1 Å². The van der Waals surface area contributed by atoms with Crippen LogP contribution < -0.4 is 10.6 Å². The Labute approximate surface area is 253 Å². The summed E-state index contributed by atoms with van der Waals surface area (Å²) in [6.45, 7) is 5.37. The van der Waals surface area contributed by atoms with Gasteiger partial charge in [-0.1, -0.05) is 24.6 Å². The molecule has 0 bridgehead atoms. The number of anilines is 1. The molecule has 1 saturated heterocycles. The Kier molecular flexibility index (Phi) is 7.99. The van der Waals surface area contributed by atoms with E-state index in [0.29, 0.717) is 24.8 Å². The van der Waals surface area contributed by atoms with Crippen molar-refractivity contribution >= 4 is 32.9 Å². The molecule has 0 radical (unpaired) electrons. The molecule has 0 unspecified atom stereocenters. The molecular weight excluding hydrogens is 593 g/mol. The van der Waals surface area contributed by atoms with Crippen molar-refractivity contribution in [2.45, 2.75) is 62.9 Å². The van der Waals surface area contributed by atoms with Gasteiger partial charge in [-0.25, -0.2) is 40.3 Å². The largest absolute Gasteiger partial charge is 0.365 e. The number of carbonyl (C=O) groups is 1. The highest BCUT2D eigenvalue weighted by molar-refractivity contribution is 7.90. The minimum atomic E-state index is -4.21. The molecule has 9 nitrogen and oxygen atoms in total. The number of amides is 2. The second kappa shape index (κ2) is 11.8. The molecule has 44 heavy (non-hydrogen) atoms. The fraction of sp³-hybridized carbons (Fsp3) is 0.387. The zero-order chi connectivity index (χ0) is 31.2. The summed E-state index contributed by atoms with van der Waals surface area (Å²) >= 11 is 0. The lowest BCUT2D eigenvalue weighted by atomic mass is 9.91. The van der Waals surface area contributed by atoms with Crippen LogP contribution >= 0.6 is 0 Å². The summed E-state index contributed by atoms with van der Waals surface area (Å²) in [6, 6.07) is 7.39. The van der Waals surface area contributed by atoms with Gasteiger partial charge < -0.3 is 15.5 Å². The molecule has 2 fully saturated rings. The number of urea groups is 1. The highest BCUT2D eigenvalue weighted by Gasteiger charge is 2.30. The van der Waals surface area contributed by atoms with E-state index >= 15 is 8.78 Å². The number of pyridine rings is 2. The van der Waals surface area contributed by atoms with Gasteiger partial charge in [-0.3, -0.25) is 0 Å². The van der Waals surface area contributed by atoms with E-state index in [1.165, 1.54) is 12.1 Å². The summed E-state index contributed by atoms with van der Waals surface area (Å²) in [5.41, 5.74) is 0.317. The van der Waals surface area contributed by atoms with Crippen molar-refractivity contribution in [1.29, 1.82) is 0 Å². The molecule has 3 aromatic heterocycles. The van der Waals surface area contributed by atoms with Crippen molar-refractivity contribution in [3.63, 3.8) is 0 Å². The number of likely N-dealkylation sites (tertiary alicyclic amines) is 1. The zero-order valence-electron chi connectivity index (χ0n) is 24.4. The third-order valence-electron chi connectivity index (χ3n) is 8.39. The minimum absolute atomic E-state index is 0.00122. The molecule has 0 spiro atoms. The first-order valence-corrected chi connectivity index (χ1v) is 16.1. The third kappa shape index (κ3) is 5.84. The van der Waals surface area contributed by atoms with Gasteiger partial charge in [0, 0.05) is 48.4 Å². The van der Waals surface area contributed by atoms with Gasteiger partial charge in [0.15, 0.2) is 23.1 Å². The number of hydrogen-bond donors (Lipinski definition) is 2. The molecule has 1 aliphatic carbocycles. The van der Waals surface area contributed by atoms with Gasteiger partial charge in [-0.15, -0.1) is 0 Å². The molecule has 4 heterocycles.